The maximum Gasteiger partial charge on any atom is 0.293 e. The first kappa shape index (κ1) is 16.4. The molecule has 1 aromatic rings. The van der Waals surface area contributed by atoms with Crippen molar-refractivity contribution in [3.63, 3.8) is 0 Å². The summed E-state index contributed by atoms with van der Waals surface area (Å²) in [6, 6.07) is 0. The number of aromatic nitrogens is 2. The van der Waals surface area contributed by atoms with Gasteiger partial charge >= 0.3 is 0 Å². The Morgan fingerprint density at radius 3 is 3.26 bits per heavy atom. The van der Waals surface area contributed by atoms with Crippen LogP contribution in [0.15, 0.2) is 17.2 Å². The molecule has 0 aliphatic carbocycles. The molecule has 2 saturated heterocycles. The zero-order valence-corrected chi connectivity index (χ0v) is 13.8. The molecule has 0 bridgehead atoms. The van der Waals surface area contributed by atoms with Crippen molar-refractivity contribution in [1.82, 2.24) is 19.8 Å². The third-order valence-electron chi connectivity index (χ3n) is 4.65. The van der Waals surface area contributed by atoms with Gasteiger partial charge in [-0.1, -0.05) is 0 Å². The zero-order valence-electron chi connectivity index (χ0n) is 13.8. The lowest BCUT2D eigenvalue weighted by atomic mass is 9.99. The van der Waals surface area contributed by atoms with E-state index in [1.807, 2.05) is 0 Å². The van der Waals surface area contributed by atoms with Crippen LogP contribution in [0.1, 0.15) is 12.8 Å². The average molecular weight is 321 g/mol. The Balaban J connectivity index is 1.48. The minimum Gasteiger partial charge on any atom is -0.374 e. The zero-order chi connectivity index (χ0) is 16.1. The van der Waals surface area contributed by atoms with Crippen LogP contribution in [0.3, 0.4) is 0 Å². The summed E-state index contributed by atoms with van der Waals surface area (Å²) in [7, 11) is 1.73. The summed E-state index contributed by atoms with van der Waals surface area (Å²) in [5.41, 5.74) is -0.103. The number of hydrogen-bond acceptors (Lipinski definition) is 6. The maximum absolute atomic E-state index is 11.9. The van der Waals surface area contributed by atoms with E-state index < -0.39 is 0 Å². The second-order valence-corrected chi connectivity index (χ2v) is 6.54. The van der Waals surface area contributed by atoms with Crippen molar-refractivity contribution >= 4 is 5.82 Å². The third-order valence-corrected chi connectivity index (χ3v) is 4.65. The molecule has 2 fully saturated rings. The molecule has 7 heteroatoms. The number of anilines is 1. The van der Waals surface area contributed by atoms with E-state index in [1.165, 1.54) is 17.4 Å². The molecular formula is C16H27N5O2. The smallest absolute Gasteiger partial charge is 0.293 e. The summed E-state index contributed by atoms with van der Waals surface area (Å²) in [4.78, 5) is 18.6. The summed E-state index contributed by atoms with van der Waals surface area (Å²) < 4.78 is 7.36. The van der Waals surface area contributed by atoms with Gasteiger partial charge in [0.15, 0.2) is 5.82 Å². The van der Waals surface area contributed by atoms with Crippen molar-refractivity contribution in [3.05, 3.63) is 22.7 Å². The molecule has 1 aromatic heterocycles. The van der Waals surface area contributed by atoms with Crippen molar-refractivity contribution in [2.24, 2.45) is 13.0 Å². The Hall–Kier alpha value is -1.44. The highest BCUT2D eigenvalue weighted by molar-refractivity contribution is 5.30. The number of ether oxygens (including phenoxy) is 1. The molecule has 0 radical (unpaired) electrons. The van der Waals surface area contributed by atoms with Crippen molar-refractivity contribution in [2.45, 2.75) is 18.9 Å². The highest BCUT2D eigenvalue weighted by atomic mass is 16.5. The van der Waals surface area contributed by atoms with Gasteiger partial charge in [-0.3, -0.25) is 9.69 Å². The quantitative estimate of drug-likeness (QED) is 0.789. The lowest BCUT2D eigenvalue weighted by molar-refractivity contribution is -0.0267. The lowest BCUT2D eigenvalue weighted by Crippen LogP contribution is -2.48. The molecule has 2 aliphatic heterocycles. The SMILES string of the molecule is Cn1ccnc(NCC2CN(CC3CCCNC3)CCO2)c1=O. The van der Waals surface area contributed by atoms with Crippen LogP contribution in [0, 0.1) is 5.92 Å². The Labute approximate surface area is 137 Å². The Morgan fingerprint density at radius 1 is 1.52 bits per heavy atom. The van der Waals surface area contributed by atoms with Gasteiger partial charge in [0.1, 0.15) is 0 Å². The molecule has 0 spiro atoms. The van der Waals surface area contributed by atoms with Gasteiger partial charge in [-0.05, 0) is 31.8 Å². The van der Waals surface area contributed by atoms with Crippen LogP contribution in [0.4, 0.5) is 5.82 Å². The lowest BCUT2D eigenvalue weighted by Gasteiger charge is -2.36. The van der Waals surface area contributed by atoms with E-state index in [-0.39, 0.29) is 11.7 Å². The van der Waals surface area contributed by atoms with Crippen LogP contribution in [-0.4, -0.2) is 66.4 Å². The van der Waals surface area contributed by atoms with Gasteiger partial charge in [-0.2, -0.15) is 0 Å². The van der Waals surface area contributed by atoms with Gasteiger partial charge < -0.3 is 19.9 Å². The van der Waals surface area contributed by atoms with E-state index in [1.54, 1.807) is 19.4 Å². The molecule has 3 heterocycles. The van der Waals surface area contributed by atoms with Gasteiger partial charge in [0.2, 0.25) is 0 Å². The molecular weight excluding hydrogens is 294 g/mol. The predicted octanol–water partition coefficient (Wildman–Crippen LogP) is -0.107. The first-order chi connectivity index (χ1) is 11.2. The molecule has 0 amide bonds. The average Bonchev–Trinajstić information content (AvgIpc) is 2.57. The Bertz CT molecular complexity index is 556. The van der Waals surface area contributed by atoms with Crippen molar-refractivity contribution in [3.8, 4) is 0 Å². The summed E-state index contributed by atoms with van der Waals surface area (Å²) >= 11 is 0. The van der Waals surface area contributed by atoms with E-state index in [9.17, 15) is 4.79 Å². The molecule has 2 aliphatic rings. The molecule has 2 atom stereocenters. The van der Waals surface area contributed by atoms with Crippen LogP contribution in [0.2, 0.25) is 0 Å². The second-order valence-electron chi connectivity index (χ2n) is 6.54. The van der Waals surface area contributed by atoms with E-state index in [0.717, 1.165) is 45.2 Å². The molecule has 2 unspecified atom stereocenters. The van der Waals surface area contributed by atoms with Crippen LogP contribution >= 0.6 is 0 Å². The highest BCUT2D eigenvalue weighted by Gasteiger charge is 2.24. The number of rotatable bonds is 5. The number of hydrogen-bond donors (Lipinski definition) is 2. The molecule has 0 aromatic carbocycles. The van der Waals surface area contributed by atoms with Crippen LogP contribution in [-0.2, 0) is 11.8 Å². The summed E-state index contributed by atoms with van der Waals surface area (Å²) in [6.07, 6.45) is 5.99. The molecule has 128 valence electrons. The maximum atomic E-state index is 11.9. The highest BCUT2D eigenvalue weighted by Crippen LogP contribution is 2.14. The normalized spacial score (nSPS) is 26.1. The van der Waals surface area contributed by atoms with Crippen molar-refractivity contribution < 1.29 is 4.74 Å². The summed E-state index contributed by atoms with van der Waals surface area (Å²) in [6.45, 7) is 6.71. The van der Waals surface area contributed by atoms with E-state index in [2.05, 4.69) is 20.5 Å². The fourth-order valence-corrected chi connectivity index (χ4v) is 3.34. The summed E-state index contributed by atoms with van der Waals surface area (Å²) in [5, 5.41) is 6.62. The number of piperidine rings is 1. The fraction of sp³-hybridized carbons (Fsp3) is 0.750. The van der Waals surface area contributed by atoms with Crippen molar-refractivity contribution in [2.75, 3.05) is 51.2 Å². The predicted molar refractivity (Wildman–Crippen MR) is 89.7 cm³/mol. The van der Waals surface area contributed by atoms with Gasteiger partial charge in [0, 0.05) is 45.6 Å². The van der Waals surface area contributed by atoms with Crippen molar-refractivity contribution in [1.29, 1.82) is 0 Å². The van der Waals surface area contributed by atoms with Gasteiger partial charge in [0.05, 0.1) is 12.7 Å². The standard InChI is InChI=1S/C16H27N5O2/c1-20-6-5-18-15(16(20)22)19-10-14-12-21(7-8-23-14)11-13-3-2-4-17-9-13/h5-6,13-14,17H,2-4,7-12H2,1H3,(H,18,19). The number of aryl methyl sites for hydroxylation is 1. The largest absolute Gasteiger partial charge is 0.374 e. The van der Waals surface area contributed by atoms with Crippen LogP contribution < -0.4 is 16.2 Å². The van der Waals surface area contributed by atoms with E-state index >= 15 is 0 Å². The molecule has 23 heavy (non-hydrogen) atoms. The Kier molecular flexibility index (Phi) is 5.64. The number of morpholine rings is 1. The second kappa shape index (κ2) is 7.90. The minimum atomic E-state index is -0.103. The first-order valence-corrected chi connectivity index (χ1v) is 8.52. The van der Waals surface area contributed by atoms with E-state index in [0.29, 0.717) is 12.4 Å². The monoisotopic (exact) mass is 321 g/mol. The van der Waals surface area contributed by atoms with Gasteiger partial charge in [-0.15, -0.1) is 0 Å². The number of nitrogens with one attached hydrogen (secondary N) is 2. The first-order valence-electron chi connectivity index (χ1n) is 8.52. The third kappa shape index (κ3) is 4.53. The van der Waals surface area contributed by atoms with E-state index in [4.69, 9.17) is 4.74 Å². The topological polar surface area (TPSA) is 71.4 Å². The number of nitrogens with zero attached hydrogens (tertiary/aromatic N) is 3. The molecule has 2 N–H and O–H groups in total. The minimum absolute atomic E-state index is 0.103. The Morgan fingerprint density at radius 2 is 2.43 bits per heavy atom. The van der Waals surface area contributed by atoms with Crippen LogP contribution in [0.25, 0.3) is 0 Å². The fourth-order valence-electron chi connectivity index (χ4n) is 3.34. The molecule has 3 rings (SSSR count). The molecule has 7 nitrogen and oxygen atoms in total. The van der Waals surface area contributed by atoms with Crippen LogP contribution in [0.5, 0.6) is 0 Å². The van der Waals surface area contributed by atoms with Gasteiger partial charge in [-0.25, -0.2) is 4.98 Å². The van der Waals surface area contributed by atoms with Gasteiger partial charge in [0.25, 0.3) is 5.56 Å². The molecule has 0 saturated carbocycles. The summed E-state index contributed by atoms with van der Waals surface area (Å²) in [5.74, 6) is 1.14.